The zero-order valence-electron chi connectivity index (χ0n) is 11.1. The number of hydrogen-bond acceptors (Lipinski definition) is 5. The Morgan fingerprint density at radius 2 is 2.05 bits per heavy atom. The molecule has 21 heavy (non-hydrogen) atoms. The maximum Gasteiger partial charge on any atom is 0.356 e. The second-order valence-electron chi connectivity index (χ2n) is 4.54. The number of fused-ring (bicyclic) bond motifs is 1. The number of carboxylic acid groups (broad SMARTS) is 1. The van der Waals surface area contributed by atoms with Gasteiger partial charge in [0.2, 0.25) is 0 Å². The first-order valence-electron chi connectivity index (χ1n) is 6.51. The van der Waals surface area contributed by atoms with Crippen LogP contribution in [0.25, 0.3) is 11.0 Å². The maximum atomic E-state index is 10.7. The minimum absolute atomic E-state index is 0.0714. The van der Waals surface area contributed by atoms with E-state index in [1.54, 1.807) is 6.07 Å². The van der Waals surface area contributed by atoms with Gasteiger partial charge in [-0.15, -0.1) is 10.2 Å². The van der Waals surface area contributed by atoms with Crippen molar-refractivity contribution in [3.63, 3.8) is 0 Å². The van der Waals surface area contributed by atoms with E-state index in [-0.39, 0.29) is 5.69 Å². The van der Waals surface area contributed by atoms with Crippen molar-refractivity contribution in [2.75, 3.05) is 11.9 Å². The molecule has 0 aliphatic rings. The predicted octanol–water partition coefficient (Wildman–Crippen LogP) is 2.58. The normalized spacial score (nSPS) is 10.7. The summed E-state index contributed by atoms with van der Waals surface area (Å²) in [7, 11) is 0. The fraction of sp³-hybridized carbons (Fsp3) is 0.133. The number of anilines is 1. The fourth-order valence-electron chi connectivity index (χ4n) is 2.01. The molecule has 0 spiro atoms. The van der Waals surface area contributed by atoms with Crippen molar-refractivity contribution in [3.05, 3.63) is 53.9 Å². The highest BCUT2D eigenvalue weighted by molar-refractivity contribution is 5.85. The van der Waals surface area contributed by atoms with Gasteiger partial charge in [0.1, 0.15) is 17.2 Å². The Morgan fingerprint density at radius 3 is 2.76 bits per heavy atom. The number of rotatable bonds is 5. The molecule has 3 aromatic rings. The highest BCUT2D eigenvalue weighted by Crippen LogP contribution is 2.19. The van der Waals surface area contributed by atoms with Crippen LogP contribution >= 0.6 is 0 Å². The molecular formula is C15H13N3O3. The summed E-state index contributed by atoms with van der Waals surface area (Å²) >= 11 is 0. The lowest BCUT2D eigenvalue weighted by Crippen LogP contribution is -2.08. The molecule has 0 radical (unpaired) electrons. The molecule has 2 heterocycles. The van der Waals surface area contributed by atoms with E-state index in [1.165, 1.54) is 6.07 Å². The van der Waals surface area contributed by atoms with E-state index in [1.807, 2.05) is 30.3 Å². The van der Waals surface area contributed by atoms with E-state index < -0.39 is 5.97 Å². The molecule has 0 aliphatic heterocycles. The standard InChI is InChI=1S/C15H13N3O3/c19-15(20)12-5-6-14(18-17-12)16-8-7-11-9-10-3-1-2-4-13(10)21-11/h1-6,9H,7-8H2,(H,16,18)(H,19,20). The SMILES string of the molecule is O=C(O)c1ccc(NCCc2cc3ccccc3o2)nn1. The molecule has 106 valence electrons. The van der Waals surface area contributed by atoms with Crippen LogP contribution in [0.3, 0.4) is 0 Å². The quantitative estimate of drug-likeness (QED) is 0.748. The number of nitrogens with one attached hydrogen (secondary N) is 1. The van der Waals surface area contributed by atoms with Crippen LogP contribution in [0.1, 0.15) is 16.2 Å². The zero-order chi connectivity index (χ0) is 14.7. The van der Waals surface area contributed by atoms with Gasteiger partial charge in [0, 0.05) is 18.4 Å². The molecule has 0 aliphatic carbocycles. The number of carbonyl (C=O) groups is 1. The first kappa shape index (κ1) is 13.1. The monoisotopic (exact) mass is 283 g/mol. The lowest BCUT2D eigenvalue weighted by Gasteiger charge is -2.03. The smallest absolute Gasteiger partial charge is 0.356 e. The number of aromatic nitrogens is 2. The van der Waals surface area contributed by atoms with Crippen LogP contribution in [0.2, 0.25) is 0 Å². The minimum atomic E-state index is -1.09. The number of benzene rings is 1. The van der Waals surface area contributed by atoms with Gasteiger partial charge in [0.05, 0.1) is 0 Å². The highest BCUT2D eigenvalue weighted by atomic mass is 16.4. The van der Waals surface area contributed by atoms with E-state index in [0.717, 1.165) is 16.7 Å². The van der Waals surface area contributed by atoms with Crippen LogP contribution in [0.4, 0.5) is 5.82 Å². The van der Waals surface area contributed by atoms with E-state index in [9.17, 15) is 4.79 Å². The van der Waals surface area contributed by atoms with Crippen LogP contribution in [0.15, 0.2) is 46.9 Å². The summed E-state index contributed by atoms with van der Waals surface area (Å²) in [5, 5.41) is 20.3. The Labute approximate surface area is 120 Å². The van der Waals surface area contributed by atoms with Gasteiger partial charge >= 0.3 is 5.97 Å². The Kier molecular flexibility index (Phi) is 3.51. The molecule has 2 N–H and O–H groups in total. The maximum absolute atomic E-state index is 10.7. The Bertz CT molecular complexity index is 732. The minimum Gasteiger partial charge on any atom is -0.476 e. The Hall–Kier alpha value is -2.89. The molecular weight excluding hydrogens is 270 g/mol. The lowest BCUT2D eigenvalue weighted by atomic mass is 10.2. The molecule has 6 nitrogen and oxygen atoms in total. The first-order chi connectivity index (χ1) is 10.2. The van der Waals surface area contributed by atoms with Gasteiger partial charge in [-0.3, -0.25) is 0 Å². The number of para-hydroxylation sites is 1. The summed E-state index contributed by atoms with van der Waals surface area (Å²) in [6.07, 6.45) is 0.705. The van der Waals surface area contributed by atoms with Gasteiger partial charge < -0.3 is 14.8 Å². The van der Waals surface area contributed by atoms with E-state index >= 15 is 0 Å². The Morgan fingerprint density at radius 1 is 1.19 bits per heavy atom. The topological polar surface area (TPSA) is 88.2 Å². The molecule has 0 saturated carbocycles. The predicted molar refractivity (Wildman–Crippen MR) is 77.4 cm³/mol. The van der Waals surface area contributed by atoms with Crippen LogP contribution in [0.5, 0.6) is 0 Å². The van der Waals surface area contributed by atoms with Crippen molar-refractivity contribution < 1.29 is 14.3 Å². The molecule has 3 rings (SSSR count). The third-order valence-corrected chi connectivity index (χ3v) is 3.04. The van der Waals surface area contributed by atoms with Crippen LogP contribution < -0.4 is 5.32 Å². The van der Waals surface area contributed by atoms with E-state index in [2.05, 4.69) is 15.5 Å². The molecule has 2 aromatic heterocycles. The second kappa shape index (κ2) is 5.62. The van der Waals surface area contributed by atoms with Gasteiger partial charge in [-0.1, -0.05) is 18.2 Å². The van der Waals surface area contributed by atoms with Gasteiger partial charge in [0.15, 0.2) is 5.69 Å². The summed E-state index contributed by atoms with van der Waals surface area (Å²) in [5.74, 6) is 0.339. The molecule has 0 bridgehead atoms. The molecule has 0 saturated heterocycles. The number of carboxylic acids is 1. The van der Waals surface area contributed by atoms with Crippen molar-refractivity contribution in [1.29, 1.82) is 0 Å². The van der Waals surface area contributed by atoms with Gasteiger partial charge in [-0.2, -0.15) is 0 Å². The summed E-state index contributed by atoms with van der Waals surface area (Å²) in [6.45, 7) is 0.626. The van der Waals surface area contributed by atoms with Gasteiger partial charge in [-0.25, -0.2) is 4.79 Å². The van der Waals surface area contributed by atoms with Crippen molar-refractivity contribution in [2.24, 2.45) is 0 Å². The van der Waals surface area contributed by atoms with Crippen molar-refractivity contribution >= 4 is 22.8 Å². The number of aromatic carboxylic acids is 1. The van der Waals surface area contributed by atoms with Crippen LogP contribution in [0, 0.1) is 0 Å². The summed E-state index contributed by atoms with van der Waals surface area (Å²) in [6, 6.07) is 12.9. The number of furan rings is 1. The van der Waals surface area contributed by atoms with Crippen molar-refractivity contribution in [3.8, 4) is 0 Å². The molecule has 6 heteroatoms. The summed E-state index contributed by atoms with van der Waals surface area (Å²) in [4.78, 5) is 10.7. The average molecular weight is 283 g/mol. The lowest BCUT2D eigenvalue weighted by molar-refractivity contribution is 0.0689. The van der Waals surface area contributed by atoms with Crippen molar-refractivity contribution in [1.82, 2.24) is 10.2 Å². The van der Waals surface area contributed by atoms with Gasteiger partial charge in [-0.05, 0) is 24.3 Å². The van der Waals surface area contributed by atoms with E-state index in [4.69, 9.17) is 9.52 Å². The largest absolute Gasteiger partial charge is 0.476 e. The first-order valence-corrected chi connectivity index (χ1v) is 6.51. The highest BCUT2D eigenvalue weighted by Gasteiger charge is 2.06. The molecule has 1 aromatic carbocycles. The third-order valence-electron chi connectivity index (χ3n) is 3.04. The number of nitrogens with zero attached hydrogens (tertiary/aromatic N) is 2. The van der Waals surface area contributed by atoms with Crippen LogP contribution in [-0.2, 0) is 6.42 Å². The Balaban J connectivity index is 1.59. The van der Waals surface area contributed by atoms with Crippen molar-refractivity contribution in [2.45, 2.75) is 6.42 Å². The summed E-state index contributed by atoms with van der Waals surface area (Å²) in [5.41, 5.74) is 0.802. The second-order valence-corrected chi connectivity index (χ2v) is 4.54. The molecule has 0 amide bonds. The summed E-state index contributed by atoms with van der Waals surface area (Å²) < 4.78 is 5.70. The molecule has 0 unspecified atom stereocenters. The van der Waals surface area contributed by atoms with E-state index in [0.29, 0.717) is 18.8 Å². The molecule has 0 fully saturated rings. The third kappa shape index (κ3) is 3.00. The number of hydrogen-bond donors (Lipinski definition) is 2. The fourth-order valence-corrected chi connectivity index (χ4v) is 2.01. The average Bonchev–Trinajstić information content (AvgIpc) is 2.90. The van der Waals surface area contributed by atoms with Crippen LogP contribution in [-0.4, -0.2) is 27.8 Å². The molecule has 0 atom stereocenters. The van der Waals surface area contributed by atoms with Gasteiger partial charge in [0.25, 0.3) is 0 Å². The zero-order valence-corrected chi connectivity index (χ0v) is 11.1.